The summed E-state index contributed by atoms with van der Waals surface area (Å²) in [7, 11) is 3.11. The molecule has 2 aliphatic rings. The van der Waals surface area contributed by atoms with Gasteiger partial charge < -0.3 is 9.47 Å². The number of fused-ring (bicyclic) bond motifs is 1. The highest BCUT2D eigenvalue weighted by atomic mass is 16.5. The zero-order valence-corrected chi connectivity index (χ0v) is 12.8. The van der Waals surface area contributed by atoms with Gasteiger partial charge in [0.2, 0.25) is 11.8 Å². The Hall–Kier alpha value is -2.17. The predicted octanol–water partition coefficient (Wildman–Crippen LogP) is 2.28. The average molecular weight is 301 g/mol. The Kier molecular flexibility index (Phi) is 3.72. The minimum atomic E-state index is -0.544. The van der Waals surface area contributed by atoms with Gasteiger partial charge in [0.05, 0.1) is 19.6 Å². The zero-order chi connectivity index (χ0) is 15.7. The monoisotopic (exact) mass is 301 g/mol. The zero-order valence-electron chi connectivity index (χ0n) is 12.8. The van der Waals surface area contributed by atoms with E-state index in [4.69, 9.17) is 9.47 Å². The van der Waals surface area contributed by atoms with Gasteiger partial charge in [0.1, 0.15) is 5.78 Å². The summed E-state index contributed by atoms with van der Waals surface area (Å²) < 4.78 is 10.4. The number of aromatic nitrogens is 1. The molecule has 1 saturated carbocycles. The molecule has 0 aromatic carbocycles. The van der Waals surface area contributed by atoms with Crippen LogP contribution >= 0.6 is 0 Å². The van der Waals surface area contributed by atoms with Gasteiger partial charge in [-0.1, -0.05) is 5.57 Å². The van der Waals surface area contributed by atoms with E-state index in [1.54, 1.807) is 26.4 Å². The quantitative estimate of drug-likeness (QED) is 0.853. The average Bonchev–Trinajstić information content (AvgIpc) is 2.84. The number of ether oxygens (including phenoxy) is 2. The number of methoxy groups -OCH3 is 2. The summed E-state index contributed by atoms with van der Waals surface area (Å²) in [5.41, 5.74) is 1.31. The lowest BCUT2D eigenvalue weighted by atomic mass is 9.69. The van der Waals surface area contributed by atoms with Crippen LogP contribution in [-0.4, -0.2) is 30.8 Å². The van der Waals surface area contributed by atoms with Crippen LogP contribution in [0.2, 0.25) is 0 Å². The molecule has 1 atom stereocenters. The number of hydrogen-bond acceptors (Lipinski definition) is 5. The number of nitrogens with zero attached hydrogens (tertiary/aromatic N) is 1. The lowest BCUT2D eigenvalue weighted by Crippen LogP contribution is -2.34. The topological polar surface area (TPSA) is 65.5 Å². The third kappa shape index (κ3) is 2.30. The molecule has 1 aromatic rings. The summed E-state index contributed by atoms with van der Waals surface area (Å²) >= 11 is 0. The highest BCUT2D eigenvalue weighted by Crippen LogP contribution is 2.49. The molecule has 0 saturated heterocycles. The second kappa shape index (κ2) is 5.55. The van der Waals surface area contributed by atoms with Crippen LogP contribution in [0, 0.1) is 5.41 Å². The van der Waals surface area contributed by atoms with E-state index in [0.29, 0.717) is 43.9 Å². The molecule has 0 N–H and O–H groups in total. The molecule has 0 radical (unpaired) electrons. The van der Waals surface area contributed by atoms with Crippen molar-refractivity contribution >= 4 is 11.6 Å². The first-order valence-electron chi connectivity index (χ1n) is 7.44. The fourth-order valence-corrected chi connectivity index (χ4v) is 3.52. The Labute approximate surface area is 129 Å². The number of pyridine rings is 1. The van der Waals surface area contributed by atoms with Crippen LogP contribution in [0.3, 0.4) is 0 Å². The molecule has 22 heavy (non-hydrogen) atoms. The molecular weight excluding hydrogens is 282 g/mol. The van der Waals surface area contributed by atoms with Crippen molar-refractivity contribution in [3.8, 4) is 11.8 Å². The minimum Gasteiger partial charge on any atom is -0.481 e. The van der Waals surface area contributed by atoms with E-state index >= 15 is 0 Å². The maximum atomic E-state index is 12.5. The molecule has 1 aromatic heterocycles. The van der Waals surface area contributed by atoms with Gasteiger partial charge in [-0.25, -0.2) is 0 Å². The van der Waals surface area contributed by atoms with Gasteiger partial charge >= 0.3 is 0 Å². The second-order valence-corrected chi connectivity index (χ2v) is 5.84. The summed E-state index contributed by atoms with van der Waals surface area (Å²) in [5.74, 6) is 1.30. The van der Waals surface area contributed by atoms with Gasteiger partial charge in [0.15, 0.2) is 5.78 Å². The van der Waals surface area contributed by atoms with E-state index in [-0.39, 0.29) is 11.6 Å². The van der Waals surface area contributed by atoms with Gasteiger partial charge in [-0.15, -0.1) is 0 Å². The molecule has 0 unspecified atom stereocenters. The Morgan fingerprint density at radius 2 is 1.95 bits per heavy atom. The normalized spacial score (nSPS) is 24.0. The van der Waals surface area contributed by atoms with Crippen LogP contribution in [0.5, 0.6) is 11.8 Å². The number of ketones is 2. The fourth-order valence-electron chi connectivity index (χ4n) is 3.52. The van der Waals surface area contributed by atoms with E-state index in [1.165, 1.54) is 0 Å². The first-order valence-corrected chi connectivity index (χ1v) is 7.44. The highest BCUT2D eigenvalue weighted by molar-refractivity contribution is 5.99. The molecule has 5 heteroatoms. The van der Waals surface area contributed by atoms with Crippen LogP contribution in [0.1, 0.15) is 31.2 Å². The smallest absolute Gasteiger partial charge is 0.219 e. The summed E-state index contributed by atoms with van der Waals surface area (Å²) in [6, 6.07) is 3.66. The van der Waals surface area contributed by atoms with Crippen molar-refractivity contribution in [2.75, 3.05) is 14.2 Å². The molecule has 1 fully saturated rings. The van der Waals surface area contributed by atoms with Crippen molar-refractivity contribution in [1.29, 1.82) is 0 Å². The van der Waals surface area contributed by atoms with Gasteiger partial charge in [-0.2, -0.15) is 4.98 Å². The van der Waals surface area contributed by atoms with Crippen LogP contribution < -0.4 is 9.47 Å². The molecule has 0 aliphatic heterocycles. The van der Waals surface area contributed by atoms with E-state index in [9.17, 15) is 9.59 Å². The van der Waals surface area contributed by atoms with Crippen molar-refractivity contribution in [1.82, 2.24) is 4.98 Å². The van der Waals surface area contributed by atoms with Crippen LogP contribution in [0.4, 0.5) is 0 Å². The predicted molar refractivity (Wildman–Crippen MR) is 80.0 cm³/mol. The number of hydrogen-bond donors (Lipinski definition) is 0. The van der Waals surface area contributed by atoms with Gasteiger partial charge in [-0.05, 0) is 31.4 Å². The maximum absolute atomic E-state index is 12.5. The highest BCUT2D eigenvalue weighted by Gasteiger charge is 2.48. The molecule has 5 nitrogen and oxygen atoms in total. The van der Waals surface area contributed by atoms with Gasteiger partial charge in [-0.3, -0.25) is 9.59 Å². The first-order chi connectivity index (χ1) is 10.6. The van der Waals surface area contributed by atoms with Crippen molar-refractivity contribution < 1.29 is 19.1 Å². The molecule has 2 aliphatic carbocycles. The lowest BCUT2D eigenvalue weighted by Gasteiger charge is -2.32. The number of carbonyl (C=O) groups is 2. The Morgan fingerprint density at radius 3 is 2.68 bits per heavy atom. The Balaban J connectivity index is 1.99. The second-order valence-electron chi connectivity index (χ2n) is 5.84. The van der Waals surface area contributed by atoms with Crippen molar-refractivity contribution in [3.63, 3.8) is 0 Å². The number of carbonyl (C=O) groups excluding carboxylic acids is 2. The first kappa shape index (κ1) is 14.8. The molecule has 0 bridgehead atoms. The van der Waals surface area contributed by atoms with E-state index < -0.39 is 5.41 Å². The van der Waals surface area contributed by atoms with E-state index in [2.05, 4.69) is 4.98 Å². The molecule has 0 amide bonds. The van der Waals surface area contributed by atoms with E-state index in [1.807, 2.05) is 6.07 Å². The minimum absolute atomic E-state index is 0.125. The third-order valence-corrected chi connectivity index (χ3v) is 4.71. The van der Waals surface area contributed by atoms with Crippen LogP contribution in [0.15, 0.2) is 23.8 Å². The molecular formula is C17H19NO4. The van der Waals surface area contributed by atoms with Crippen LogP contribution in [0.25, 0.3) is 0 Å². The lowest BCUT2D eigenvalue weighted by molar-refractivity contribution is -0.126. The largest absolute Gasteiger partial charge is 0.481 e. The van der Waals surface area contributed by atoms with Crippen LogP contribution in [-0.2, 0) is 16.0 Å². The van der Waals surface area contributed by atoms with Gasteiger partial charge in [0, 0.05) is 24.5 Å². The third-order valence-electron chi connectivity index (χ3n) is 4.71. The molecule has 116 valence electrons. The number of allylic oxidation sites excluding steroid dienone is 2. The fraction of sp³-hybridized carbons (Fsp3) is 0.471. The summed E-state index contributed by atoms with van der Waals surface area (Å²) in [6.45, 7) is 0. The molecule has 3 rings (SSSR count). The summed E-state index contributed by atoms with van der Waals surface area (Å²) in [5, 5.41) is 0. The summed E-state index contributed by atoms with van der Waals surface area (Å²) in [4.78, 5) is 28.5. The summed E-state index contributed by atoms with van der Waals surface area (Å²) in [6.07, 6.45) is 4.44. The number of Topliss-reactive ketones (excluding diaryl/α,β-unsaturated/α-hetero) is 1. The molecule has 1 heterocycles. The number of rotatable bonds is 4. The van der Waals surface area contributed by atoms with Crippen molar-refractivity contribution in [2.45, 2.75) is 32.1 Å². The molecule has 0 spiro atoms. The maximum Gasteiger partial charge on any atom is 0.219 e. The standard InChI is InChI=1S/C17H19NO4/c1-21-15-6-3-11(16(18-15)22-2)10-17-8-7-13(19)9-12(17)4-5-14(17)20/h3,6,9H,4-5,7-8,10H2,1-2H3/t17-/m1/s1. The Morgan fingerprint density at radius 1 is 1.14 bits per heavy atom. The van der Waals surface area contributed by atoms with E-state index in [0.717, 1.165) is 11.1 Å². The Bertz CT molecular complexity index is 665. The van der Waals surface area contributed by atoms with Crippen molar-refractivity contribution in [3.05, 3.63) is 29.3 Å². The SMILES string of the molecule is COc1ccc(C[C@]23CCC(=O)C=C2CCC3=O)c(OC)n1. The van der Waals surface area contributed by atoms with Crippen molar-refractivity contribution in [2.24, 2.45) is 5.41 Å². The van der Waals surface area contributed by atoms with Gasteiger partial charge in [0.25, 0.3) is 0 Å².